The summed E-state index contributed by atoms with van der Waals surface area (Å²) in [6.07, 6.45) is 21.9. The van der Waals surface area contributed by atoms with Gasteiger partial charge in [0.15, 0.2) is 0 Å². The van der Waals surface area contributed by atoms with E-state index in [4.69, 9.17) is 17.3 Å². The van der Waals surface area contributed by atoms with Crippen LogP contribution < -0.4 is 11.1 Å². The van der Waals surface area contributed by atoms with Crippen LogP contribution in [0.4, 0.5) is 0 Å². The molecule has 3 aromatic heterocycles. The number of hydrogen-bond acceptors (Lipinski definition) is 5. The number of aromatic amines is 3. The van der Waals surface area contributed by atoms with Crippen molar-refractivity contribution in [1.82, 2.24) is 25.2 Å². The molecule has 0 saturated heterocycles. The summed E-state index contributed by atoms with van der Waals surface area (Å²) in [6.45, 7) is 14.5. The van der Waals surface area contributed by atoms with Gasteiger partial charge in [-0.15, -0.1) is 0 Å². The molecule has 0 saturated carbocycles. The summed E-state index contributed by atoms with van der Waals surface area (Å²) in [7, 11) is 0. The molecule has 8 aromatic carbocycles. The van der Waals surface area contributed by atoms with Crippen LogP contribution >= 0.6 is 11.6 Å². The molecular formula is C84H87ClN6O3. The van der Waals surface area contributed by atoms with Crippen LogP contribution in [0.2, 0.25) is 0 Å². The minimum absolute atomic E-state index is 0.0556. The molecule has 3 aliphatic carbocycles. The van der Waals surface area contributed by atoms with E-state index in [1.807, 2.05) is 150 Å². The zero-order valence-corrected chi connectivity index (χ0v) is 55.7. The molecule has 94 heavy (non-hydrogen) atoms. The average molecular weight is 1260 g/mol. The third kappa shape index (κ3) is 16.8. The van der Waals surface area contributed by atoms with Crippen LogP contribution in [0.3, 0.4) is 0 Å². The van der Waals surface area contributed by atoms with E-state index in [1.54, 1.807) is 12.2 Å². The van der Waals surface area contributed by atoms with Gasteiger partial charge in [-0.1, -0.05) is 248 Å². The smallest absolute Gasteiger partial charge is 0.247 e. The first kappa shape index (κ1) is 68.5. The van der Waals surface area contributed by atoms with Crippen LogP contribution in [0, 0.1) is 0 Å². The number of halogens is 1. The Labute approximate surface area is 559 Å². The molecule has 2 aliphatic heterocycles. The molecule has 5 aliphatic rings. The lowest BCUT2D eigenvalue weighted by Crippen LogP contribution is -2.40. The van der Waals surface area contributed by atoms with Crippen molar-refractivity contribution in [2.24, 2.45) is 5.73 Å². The molecule has 2 unspecified atom stereocenters. The van der Waals surface area contributed by atoms with E-state index >= 15 is 0 Å². The molecule has 478 valence electrons. The molecule has 2 atom stereocenters. The normalized spacial score (nSPS) is 15.0. The Morgan fingerprint density at radius 1 is 0.521 bits per heavy atom. The summed E-state index contributed by atoms with van der Waals surface area (Å²) in [5, 5.41) is 7.22. The van der Waals surface area contributed by atoms with Crippen molar-refractivity contribution < 1.29 is 14.4 Å². The number of H-pyrrole nitrogens is 3. The van der Waals surface area contributed by atoms with E-state index < -0.39 is 5.24 Å². The fraction of sp³-hybridized carbons (Fsp3) is 0.202. The SMILES string of the molecule is C1=C(C2NCCc3c2[nH]c2ccccc32)Cc2ccccc21.CC.CC.CC.NCCc1c[nH]c2ccccc12.O=C(/C=C/c1ccccc1)N1CCc2c([nH]c3ccccc23)C1C1=Cc2ccccc2C1.O=C(Cl)/C=C/c1ccccc1.O=CC1=Cc2ccccc2C1. The van der Waals surface area contributed by atoms with Gasteiger partial charge in [0.1, 0.15) is 6.29 Å². The van der Waals surface area contributed by atoms with Crippen molar-refractivity contribution >= 4 is 92.1 Å². The van der Waals surface area contributed by atoms with Gasteiger partial charge in [-0.05, 0) is 165 Å². The van der Waals surface area contributed by atoms with Gasteiger partial charge in [0.25, 0.3) is 0 Å². The number of amides is 1. The lowest BCUT2D eigenvalue weighted by atomic mass is 9.91. The first-order valence-corrected chi connectivity index (χ1v) is 33.6. The highest BCUT2D eigenvalue weighted by Gasteiger charge is 2.36. The van der Waals surface area contributed by atoms with E-state index in [-0.39, 0.29) is 11.9 Å². The number of carbonyl (C=O) groups excluding carboxylic acids is 3. The number of para-hydroxylation sites is 3. The van der Waals surface area contributed by atoms with Gasteiger partial charge in [-0.2, -0.15) is 0 Å². The van der Waals surface area contributed by atoms with E-state index in [2.05, 4.69) is 154 Å². The van der Waals surface area contributed by atoms with Crippen molar-refractivity contribution in [3.63, 3.8) is 0 Å². The van der Waals surface area contributed by atoms with Gasteiger partial charge in [0, 0.05) is 75.9 Å². The van der Waals surface area contributed by atoms with Crippen LogP contribution in [0.5, 0.6) is 0 Å². The molecule has 11 aromatic rings. The number of nitrogens with one attached hydrogen (secondary N) is 4. The standard InChI is InChI=1S/C29H24N2O.C20H18N2.C10H12N2.C10H8O.C9H7ClO.3C2H6/c32-27(15-14-20-8-2-1-3-9-20)31-17-16-25-24-12-6-7-13-26(24)30-28(25)29(31)23-18-21-10-4-5-11-22(21)19-23;1-2-6-14-12-15(11-13(14)5-1)19-20-17(9-10-21-19)16-7-3-4-8-18(16)22-20;11-6-5-8-7-12-10-4-2-1-3-9(8)10;11-7-8-5-9-3-1-2-4-10(9)6-8;10-9(11)7-6-8-4-2-1-3-5-8;3*1-2/h1-15,18,29-30H,16-17,19H2;1-8,11,19,21-22H,9-10,12H2;1-4,7,12H,5-6,11H2;1-5,7H,6H2;1-7H;3*1-2H3/b15-14+;;;;7-6+;;;. The van der Waals surface area contributed by atoms with Crippen molar-refractivity contribution in [3.05, 3.63) is 314 Å². The zero-order chi connectivity index (χ0) is 66.2. The summed E-state index contributed by atoms with van der Waals surface area (Å²) in [4.78, 5) is 46.7. The molecular weight excluding hydrogens is 1180 g/mol. The van der Waals surface area contributed by atoms with Gasteiger partial charge >= 0.3 is 0 Å². The predicted octanol–water partition coefficient (Wildman–Crippen LogP) is 19.0. The number of carbonyl (C=O) groups is 3. The highest BCUT2D eigenvalue weighted by molar-refractivity contribution is 6.66. The van der Waals surface area contributed by atoms with Crippen LogP contribution in [0.1, 0.15) is 126 Å². The first-order valence-electron chi connectivity index (χ1n) is 33.2. The average Bonchev–Trinajstić information content (AvgIpc) is 1.60. The molecule has 16 rings (SSSR count). The summed E-state index contributed by atoms with van der Waals surface area (Å²) in [6, 6.07) is 70.5. The number of fused-ring (bicyclic) bond motifs is 10. The Bertz CT molecular complexity index is 4470. The van der Waals surface area contributed by atoms with Gasteiger partial charge in [-0.3, -0.25) is 14.4 Å². The molecule has 6 N–H and O–H groups in total. The van der Waals surface area contributed by atoms with Crippen molar-refractivity contribution in [2.75, 3.05) is 19.6 Å². The van der Waals surface area contributed by atoms with E-state index in [9.17, 15) is 14.4 Å². The largest absolute Gasteiger partial charge is 0.361 e. The third-order valence-electron chi connectivity index (χ3n) is 16.9. The monoisotopic (exact) mass is 1260 g/mol. The maximum Gasteiger partial charge on any atom is 0.247 e. The third-order valence-corrected chi connectivity index (χ3v) is 17.1. The fourth-order valence-electron chi connectivity index (χ4n) is 12.8. The highest BCUT2D eigenvalue weighted by atomic mass is 35.5. The number of nitrogens with zero attached hydrogens (tertiary/aromatic N) is 1. The van der Waals surface area contributed by atoms with Crippen LogP contribution in [0.25, 0.3) is 63.1 Å². The number of aromatic nitrogens is 3. The number of benzene rings is 8. The number of nitrogens with two attached hydrogens (primary N) is 1. The van der Waals surface area contributed by atoms with Crippen LogP contribution in [0.15, 0.2) is 241 Å². The molecule has 0 fully saturated rings. The topological polar surface area (TPSA) is 140 Å². The molecule has 0 radical (unpaired) electrons. The van der Waals surface area contributed by atoms with Gasteiger partial charge < -0.3 is 30.9 Å². The summed E-state index contributed by atoms with van der Waals surface area (Å²) in [5.41, 5.74) is 29.3. The molecule has 0 bridgehead atoms. The maximum atomic E-state index is 13.4. The fourth-order valence-corrected chi connectivity index (χ4v) is 12.8. The molecule has 0 spiro atoms. The zero-order valence-electron chi connectivity index (χ0n) is 55.0. The van der Waals surface area contributed by atoms with E-state index in [0.717, 1.165) is 79.3 Å². The number of aldehydes is 1. The first-order chi connectivity index (χ1) is 46.3. The van der Waals surface area contributed by atoms with Gasteiger partial charge in [0.05, 0.1) is 12.1 Å². The summed E-state index contributed by atoms with van der Waals surface area (Å²) in [5.74, 6) is 0.0556. The minimum Gasteiger partial charge on any atom is -0.361 e. The lowest BCUT2D eigenvalue weighted by molar-refractivity contribution is -0.128. The Hall–Kier alpha value is -9.90. The van der Waals surface area contributed by atoms with E-state index in [1.165, 1.54) is 100 Å². The Morgan fingerprint density at radius 3 is 1.54 bits per heavy atom. The second-order valence-corrected chi connectivity index (χ2v) is 22.9. The van der Waals surface area contributed by atoms with Crippen LogP contribution in [-0.4, -0.2) is 56.9 Å². The second kappa shape index (κ2) is 34.7. The minimum atomic E-state index is -0.450. The number of rotatable bonds is 9. The summed E-state index contributed by atoms with van der Waals surface area (Å²) >= 11 is 5.10. The second-order valence-electron chi connectivity index (χ2n) is 22.5. The molecule has 1 amide bonds. The Kier molecular flexibility index (Phi) is 25.3. The number of allylic oxidation sites excluding steroid dienone is 2. The maximum absolute atomic E-state index is 13.4. The van der Waals surface area contributed by atoms with Crippen molar-refractivity contribution in [1.29, 1.82) is 0 Å². The van der Waals surface area contributed by atoms with E-state index in [0.29, 0.717) is 19.1 Å². The van der Waals surface area contributed by atoms with Gasteiger partial charge in [0.2, 0.25) is 11.1 Å². The Balaban J connectivity index is 0.000000145. The summed E-state index contributed by atoms with van der Waals surface area (Å²) < 4.78 is 0. The van der Waals surface area contributed by atoms with Crippen molar-refractivity contribution in [3.8, 4) is 0 Å². The molecule has 9 nitrogen and oxygen atoms in total. The van der Waals surface area contributed by atoms with Crippen molar-refractivity contribution in [2.45, 2.75) is 92.2 Å². The Morgan fingerprint density at radius 2 is 0.989 bits per heavy atom. The lowest BCUT2D eigenvalue weighted by Gasteiger charge is -2.36. The number of hydrogen-bond donors (Lipinski definition) is 5. The molecule has 5 heterocycles. The molecule has 10 heteroatoms. The predicted molar refractivity (Wildman–Crippen MR) is 397 cm³/mol. The van der Waals surface area contributed by atoms with Gasteiger partial charge in [-0.25, -0.2) is 0 Å². The quantitative estimate of drug-likeness (QED) is 0.0556. The highest BCUT2D eigenvalue weighted by Crippen LogP contribution is 2.43. The van der Waals surface area contributed by atoms with Crippen LogP contribution in [-0.2, 0) is 52.9 Å².